The van der Waals surface area contributed by atoms with Crippen LogP contribution in [0.3, 0.4) is 0 Å². The summed E-state index contributed by atoms with van der Waals surface area (Å²) in [6.07, 6.45) is 7.89. The fourth-order valence-corrected chi connectivity index (χ4v) is 1.60. The highest BCUT2D eigenvalue weighted by Crippen LogP contribution is 2.15. The summed E-state index contributed by atoms with van der Waals surface area (Å²) in [5.74, 6) is 13.4. The molecule has 2 aromatic heterocycles. The van der Waals surface area contributed by atoms with Crippen molar-refractivity contribution in [2.75, 3.05) is 0 Å². The van der Waals surface area contributed by atoms with Crippen LogP contribution in [0.2, 0.25) is 0 Å². The van der Waals surface area contributed by atoms with Crippen LogP contribution in [-0.2, 0) is 7.05 Å². The summed E-state index contributed by atoms with van der Waals surface area (Å²) < 4.78 is 3.79. The molecule has 22 heavy (non-hydrogen) atoms. The lowest BCUT2D eigenvalue weighted by atomic mass is 10.1. The van der Waals surface area contributed by atoms with E-state index in [4.69, 9.17) is 0 Å². The molecule has 0 amide bonds. The molecule has 0 radical (unpaired) electrons. The van der Waals surface area contributed by atoms with Crippen molar-refractivity contribution in [1.82, 2.24) is 0 Å². The minimum atomic E-state index is 0. The molecule has 0 aromatic carbocycles. The van der Waals surface area contributed by atoms with Gasteiger partial charge in [0.05, 0.1) is 5.92 Å². The molecular weight excluding hydrogens is 268 g/mol. The third kappa shape index (κ3) is 5.54. The van der Waals surface area contributed by atoms with E-state index < -0.39 is 0 Å². The molecule has 0 bridgehead atoms. The molecule has 0 spiro atoms. The molecule has 2 rings (SSSR count). The highest BCUT2D eigenvalue weighted by atomic mass is 14.9. The predicted molar refractivity (Wildman–Crippen MR) is 95.3 cm³/mol. The first kappa shape index (κ1) is 17.0. The Hall–Kier alpha value is -3.02. The van der Waals surface area contributed by atoms with Crippen molar-refractivity contribution in [1.29, 1.82) is 0 Å². The molecule has 2 heterocycles. The van der Waals surface area contributed by atoms with E-state index in [1.54, 1.807) is 11.5 Å². The van der Waals surface area contributed by atoms with E-state index in [1.807, 2.05) is 62.4 Å². The standard InChI is InChI=1S/C18H14N2.C2H6.3H2/c1-3-4-5-6-7-12-20-15-10-18(11-16-20)17-8-13-19(2)14-9-17;1-2;;;/h8-11,13-16H,1-2H3;1-2H3;3*1H/q+2;;;;. The molecule has 0 unspecified atom stereocenters. The van der Waals surface area contributed by atoms with Crippen LogP contribution in [0, 0.1) is 35.6 Å². The number of nitrogens with zero attached hydrogens (tertiary/aromatic N) is 2. The van der Waals surface area contributed by atoms with Crippen molar-refractivity contribution in [3.63, 3.8) is 0 Å². The third-order valence-electron chi connectivity index (χ3n) is 2.64. The predicted octanol–water partition coefficient (Wildman–Crippen LogP) is 3.07. The average molecular weight is 294 g/mol. The lowest BCUT2D eigenvalue weighted by Gasteiger charge is -1.97. The van der Waals surface area contributed by atoms with Crippen molar-refractivity contribution in [3.8, 4) is 46.8 Å². The van der Waals surface area contributed by atoms with Gasteiger partial charge in [0.15, 0.2) is 24.8 Å². The van der Waals surface area contributed by atoms with E-state index in [9.17, 15) is 0 Å². The van der Waals surface area contributed by atoms with Crippen LogP contribution < -0.4 is 9.13 Å². The van der Waals surface area contributed by atoms with Crippen molar-refractivity contribution in [2.24, 2.45) is 7.05 Å². The zero-order valence-corrected chi connectivity index (χ0v) is 13.5. The Morgan fingerprint density at radius 2 is 1.27 bits per heavy atom. The fraction of sp³-hybridized carbons (Fsp3) is 0.200. The zero-order chi connectivity index (χ0) is 16.2. The van der Waals surface area contributed by atoms with Gasteiger partial charge in [-0.2, -0.15) is 0 Å². The molecule has 2 heteroatoms. The smallest absolute Gasteiger partial charge is 0.208 e. The molecule has 0 atom stereocenters. The summed E-state index contributed by atoms with van der Waals surface area (Å²) in [6.45, 7) is 5.75. The zero-order valence-electron chi connectivity index (χ0n) is 13.5. The van der Waals surface area contributed by atoms with Crippen molar-refractivity contribution in [3.05, 3.63) is 49.1 Å². The molecule has 0 saturated heterocycles. The van der Waals surface area contributed by atoms with E-state index in [2.05, 4.69) is 47.8 Å². The highest BCUT2D eigenvalue weighted by Gasteiger charge is 2.02. The number of hydrogen-bond donors (Lipinski definition) is 0. The van der Waals surface area contributed by atoms with Crippen LogP contribution in [-0.4, -0.2) is 0 Å². The largest absolute Gasteiger partial charge is 0.243 e. The number of aromatic nitrogens is 2. The molecule has 2 aromatic rings. The summed E-state index contributed by atoms with van der Waals surface area (Å²) in [5.41, 5.74) is 2.34. The Morgan fingerprint density at radius 1 is 0.773 bits per heavy atom. The van der Waals surface area contributed by atoms with Gasteiger partial charge in [0.2, 0.25) is 6.04 Å². The first-order chi connectivity index (χ1) is 10.8. The SMILES string of the molecule is CC.CC#CC#CC#C[n+]1ccc(-c2cc[n+](C)cc2)cc1.[HH].[HH].[HH]. The normalized spacial score (nSPS) is 7.82. The van der Waals surface area contributed by atoms with E-state index >= 15 is 0 Å². The Morgan fingerprint density at radius 3 is 1.82 bits per heavy atom. The van der Waals surface area contributed by atoms with Crippen LogP contribution in [0.25, 0.3) is 11.1 Å². The van der Waals surface area contributed by atoms with Gasteiger partial charge >= 0.3 is 0 Å². The first-order valence-electron chi connectivity index (χ1n) is 7.19. The maximum absolute atomic E-state index is 2.91. The Kier molecular flexibility index (Phi) is 7.60. The van der Waals surface area contributed by atoms with Gasteiger partial charge in [0.1, 0.15) is 7.05 Å². The lowest BCUT2D eigenvalue weighted by molar-refractivity contribution is -0.671. The molecule has 0 aliphatic rings. The van der Waals surface area contributed by atoms with Gasteiger partial charge in [-0.25, -0.2) is 4.57 Å². The molecule has 0 saturated carbocycles. The summed E-state index contributed by atoms with van der Waals surface area (Å²) in [7, 11) is 2.00. The van der Waals surface area contributed by atoms with Crippen molar-refractivity contribution < 1.29 is 13.4 Å². The van der Waals surface area contributed by atoms with E-state index in [0.29, 0.717) is 0 Å². The first-order valence-corrected chi connectivity index (χ1v) is 7.19. The van der Waals surface area contributed by atoms with Gasteiger partial charge in [0.25, 0.3) is 0 Å². The summed E-state index contributed by atoms with van der Waals surface area (Å²) in [4.78, 5) is 0. The summed E-state index contributed by atoms with van der Waals surface area (Å²) in [5, 5.41) is 0. The summed E-state index contributed by atoms with van der Waals surface area (Å²) >= 11 is 0. The topological polar surface area (TPSA) is 7.76 Å². The van der Waals surface area contributed by atoms with Crippen LogP contribution in [0.5, 0.6) is 0 Å². The van der Waals surface area contributed by atoms with Gasteiger partial charge in [0, 0.05) is 34.5 Å². The van der Waals surface area contributed by atoms with E-state index in [1.165, 1.54) is 5.56 Å². The van der Waals surface area contributed by atoms with Gasteiger partial charge in [-0.1, -0.05) is 19.8 Å². The van der Waals surface area contributed by atoms with Gasteiger partial charge in [-0.15, -0.1) is 4.57 Å². The maximum atomic E-state index is 2.91. The van der Waals surface area contributed by atoms with Crippen LogP contribution in [0.15, 0.2) is 49.1 Å². The van der Waals surface area contributed by atoms with Gasteiger partial charge in [-0.05, 0) is 29.9 Å². The quantitative estimate of drug-likeness (QED) is 0.564. The molecular formula is C20H26N2+2. The van der Waals surface area contributed by atoms with Crippen molar-refractivity contribution in [2.45, 2.75) is 20.8 Å². The number of rotatable bonds is 1. The molecule has 0 aliphatic carbocycles. The Labute approximate surface area is 137 Å². The maximum Gasteiger partial charge on any atom is 0.243 e. The second kappa shape index (κ2) is 9.82. The van der Waals surface area contributed by atoms with Gasteiger partial charge in [-0.3, -0.25) is 0 Å². The minimum Gasteiger partial charge on any atom is -0.208 e. The number of hydrogen-bond acceptors (Lipinski definition) is 0. The molecule has 114 valence electrons. The second-order valence-electron chi connectivity index (χ2n) is 4.11. The second-order valence-corrected chi connectivity index (χ2v) is 4.11. The molecule has 0 aliphatic heterocycles. The van der Waals surface area contributed by atoms with E-state index in [-0.39, 0.29) is 4.28 Å². The third-order valence-corrected chi connectivity index (χ3v) is 2.64. The highest BCUT2D eigenvalue weighted by molar-refractivity contribution is 5.60. The Balaban J connectivity index is -0.000000934. The Bertz CT molecular complexity index is 779. The molecule has 2 nitrogen and oxygen atoms in total. The number of pyridine rings is 2. The lowest BCUT2D eigenvalue weighted by Crippen LogP contribution is -2.26. The molecule has 0 fully saturated rings. The average Bonchev–Trinajstić information content (AvgIpc) is 2.58. The van der Waals surface area contributed by atoms with Crippen LogP contribution in [0.4, 0.5) is 0 Å². The number of aryl methyl sites for hydroxylation is 1. The fourth-order valence-electron chi connectivity index (χ4n) is 1.60. The monoisotopic (exact) mass is 294 g/mol. The van der Waals surface area contributed by atoms with E-state index in [0.717, 1.165) is 5.56 Å². The van der Waals surface area contributed by atoms with Crippen LogP contribution in [0.1, 0.15) is 25.1 Å². The summed E-state index contributed by atoms with van der Waals surface area (Å²) in [6, 6.07) is 11.1. The van der Waals surface area contributed by atoms with Crippen LogP contribution >= 0.6 is 0 Å². The van der Waals surface area contributed by atoms with Crippen molar-refractivity contribution >= 4 is 0 Å². The van der Waals surface area contributed by atoms with Gasteiger partial charge < -0.3 is 0 Å². The minimum absolute atomic E-state index is 0. The molecule has 0 N–H and O–H groups in total.